The molecule has 0 spiro atoms. The second kappa shape index (κ2) is 9.92. The molecule has 7 heteroatoms. The summed E-state index contributed by atoms with van der Waals surface area (Å²) in [4.78, 5) is 32.7. The Bertz CT molecular complexity index is 1350. The third-order valence-electron chi connectivity index (χ3n) is 5.36. The number of aromatic nitrogens is 2. The van der Waals surface area contributed by atoms with Crippen molar-refractivity contribution in [1.29, 1.82) is 0 Å². The molecule has 0 radical (unpaired) electrons. The average molecular weight is 460 g/mol. The van der Waals surface area contributed by atoms with Gasteiger partial charge in [0.15, 0.2) is 5.16 Å². The van der Waals surface area contributed by atoms with Crippen LogP contribution in [0.2, 0.25) is 0 Å². The molecule has 3 aromatic carbocycles. The highest BCUT2D eigenvalue weighted by molar-refractivity contribution is 7.99. The first-order valence-electron chi connectivity index (χ1n) is 10.6. The second-order valence-electron chi connectivity index (χ2n) is 7.75. The quantitative estimate of drug-likeness (QED) is 0.302. The number of rotatable bonds is 7. The van der Waals surface area contributed by atoms with Gasteiger partial charge in [0.1, 0.15) is 5.75 Å². The van der Waals surface area contributed by atoms with Gasteiger partial charge in [0.05, 0.1) is 29.5 Å². The first-order chi connectivity index (χ1) is 16.0. The molecule has 0 aliphatic carbocycles. The van der Waals surface area contributed by atoms with Gasteiger partial charge in [-0.15, -0.1) is 0 Å². The monoisotopic (exact) mass is 459 g/mol. The standard InChI is InChI=1S/C26H25N3O3S/c1-18-12-14-19(15-13-18)16-28(2)24(30)17-33-26-27-21-9-5-4-8-20(21)25(31)29(26)22-10-6-7-11-23(22)32-3/h4-15H,16-17H2,1-3H3. The fourth-order valence-corrected chi connectivity index (χ4v) is 4.47. The minimum absolute atomic E-state index is 0.0467. The largest absolute Gasteiger partial charge is 0.495 e. The molecule has 33 heavy (non-hydrogen) atoms. The molecule has 0 fully saturated rings. The molecule has 1 amide bonds. The Morgan fingerprint density at radius 3 is 2.48 bits per heavy atom. The van der Waals surface area contributed by atoms with E-state index in [2.05, 4.69) is 0 Å². The molecule has 1 heterocycles. The minimum atomic E-state index is -0.201. The van der Waals surface area contributed by atoms with E-state index in [1.807, 2.05) is 61.5 Å². The van der Waals surface area contributed by atoms with E-state index in [4.69, 9.17) is 9.72 Å². The maximum absolute atomic E-state index is 13.4. The lowest BCUT2D eigenvalue weighted by atomic mass is 10.1. The Balaban J connectivity index is 1.64. The predicted octanol–water partition coefficient (Wildman–Crippen LogP) is 4.45. The van der Waals surface area contributed by atoms with E-state index < -0.39 is 0 Å². The number of hydrogen-bond acceptors (Lipinski definition) is 5. The third-order valence-corrected chi connectivity index (χ3v) is 6.29. The van der Waals surface area contributed by atoms with Crippen LogP contribution in [0.5, 0.6) is 5.75 Å². The number of carbonyl (C=O) groups is 1. The second-order valence-corrected chi connectivity index (χ2v) is 8.69. The van der Waals surface area contributed by atoms with Crippen molar-refractivity contribution in [1.82, 2.24) is 14.5 Å². The lowest BCUT2D eigenvalue weighted by Crippen LogP contribution is -2.28. The van der Waals surface area contributed by atoms with Crippen LogP contribution in [-0.4, -0.2) is 40.3 Å². The van der Waals surface area contributed by atoms with Crippen molar-refractivity contribution in [3.63, 3.8) is 0 Å². The molecule has 4 aromatic rings. The molecule has 1 aromatic heterocycles. The number of para-hydroxylation sites is 3. The summed E-state index contributed by atoms with van der Waals surface area (Å²) in [5.41, 5.74) is 3.23. The molecule has 6 nitrogen and oxygen atoms in total. The van der Waals surface area contributed by atoms with Crippen LogP contribution in [0.1, 0.15) is 11.1 Å². The molecule has 0 N–H and O–H groups in total. The van der Waals surface area contributed by atoms with Crippen molar-refractivity contribution in [2.75, 3.05) is 19.9 Å². The molecule has 0 atom stereocenters. The van der Waals surface area contributed by atoms with Gasteiger partial charge >= 0.3 is 0 Å². The highest BCUT2D eigenvalue weighted by Crippen LogP contribution is 2.27. The molecule has 0 aliphatic heterocycles. The number of fused-ring (bicyclic) bond motifs is 1. The van der Waals surface area contributed by atoms with Crippen LogP contribution >= 0.6 is 11.8 Å². The number of amides is 1. The summed E-state index contributed by atoms with van der Waals surface area (Å²) in [6, 6.07) is 22.6. The zero-order valence-electron chi connectivity index (χ0n) is 18.8. The number of methoxy groups -OCH3 is 1. The summed E-state index contributed by atoms with van der Waals surface area (Å²) in [6.45, 7) is 2.55. The Kier molecular flexibility index (Phi) is 6.79. The number of carbonyl (C=O) groups excluding carboxylic acids is 1. The number of thioether (sulfide) groups is 1. The molecule has 4 rings (SSSR count). The summed E-state index contributed by atoms with van der Waals surface area (Å²) < 4.78 is 7.02. The zero-order valence-corrected chi connectivity index (χ0v) is 19.6. The van der Waals surface area contributed by atoms with Crippen LogP contribution in [0.15, 0.2) is 82.7 Å². The van der Waals surface area contributed by atoms with Crippen LogP contribution in [0.3, 0.4) is 0 Å². The number of nitrogens with zero attached hydrogens (tertiary/aromatic N) is 3. The molecule has 0 saturated heterocycles. The van der Waals surface area contributed by atoms with Crippen LogP contribution in [0, 0.1) is 6.92 Å². The molecule has 168 valence electrons. The third kappa shape index (κ3) is 4.93. The topological polar surface area (TPSA) is 64.4 Å². The van der Waals surface area contributed by atoms with Crippen molar-refractivity contribution >= 4 is 28.6 Å². The van der Waals surface area contributed by atoms with Gasteiger partial charge in [-0.3, -0.25) is 14.2 Å². The summed E-state index contributed by atoms with van der Waals surface area (Å²) in [5, 5.41) is 0.954. The first-order valence-corrected chi connectivity index (χ1v) is 11.5. The zero-order chi connectivity index (χ0) is 23.4. The van der Waals surface area contributed by atoms with Crippen molar-refractivity contribution in [3.05, 3.63) is 94.3 Å². The van der Waals surface area contributed by atoms with Gasteiger partial charge in [-0.05, 0) is 36.8 Å². The highest BCUT2D eigenvalue weighted by Gasteiger charge is 2.18. The SMILES string of the molecule is COc1ccccc1-n1c(SCC(=O)N(C)Cc2ccc(C)cc2)nc2ccccc2c1=O. The molecule has 0 aliphatic rings. The molecular formula is C26H25N3O3S. The van der Waals surface area contributed by atoms with E-state index in [9.17, 15) is 9.59 Å². The number of aryl methyl sites for hydroxylation is 1. The Morgan fingerprint density at radius 1 is 1.03 bits per heavy atom. The normalized spacial score (nSPS) is 10.9. The van der Waals surface area contributed by atoms with E-state index in [-0.39, 0.29) is 17.2 Å². The minimum Gasteiger partial charge on any atom is -0.495 e. The fourth-order valence-electron chi connectivity index (χ4n) is 3.53. The summed E-state index contributed by atoms with van der Waals surface area (Å²) >= 11 is 1.24. The smallest absolute Gasteiger partial charge is 0.266 e. The number of benzene rings is 3. The van der Waals surface area contributed by atoms with Crippen molar-refractivity contribution in [2.45, 2.75) is 18.6 Å². The Morgan fingerprint density at radius 2 is 1.73 bits per heavy atom. The summed E-state index contributed by atoms with van der Waals surface area (Å²) in [7, 11) is 3.35. The van der Waals surface area contributed by atoms with Gasteiger partial charge in [-0.1, -0.05) is 65.9 Å². The van der Waals surface area contributed by atoms with Gasteiger partial charge in [-0.2, -0.15) is 0 Å². The van der Waals surface area contributed by atoms with Gasteiger partial charge in [0.2, 0.25) is 5.91 Å². The molecule has 0 unspecified atom stereocenters. The number of ether oxygens (including phenoxy) is 1. The van der Waals surface area contributed by atoms with Crippen LogP contribution in [0.25, 0.3) is 16.6 Å². The van der Waals surface area contributed by atoms with E-state index in [1.165, 1.54) is 21.9 Å². The lowest BCUT2D eigenvalue weighted by Gasteiger charge is -2.19. The summed E-state index contributed by atoms with van der Waals surface area (Å²) in [5.74, 6) is 0.665. The lowest BCUT2D eigenvalue weighted by molar-refractivity contribution is -0.127. The predicted molar refractivity (Wildman–Crippen MR) is 132 cm³/mol. The Hall–Kier alpha value is -3.58. The van der Waals surface area contributed by atoms with E-state index >= 15 is 0 Å². The van der Waals surface area contributed by atoms with Crippen LogP contribution < -0.4 is 10.3 Å². The van der Waals surface area contributed by atoms with Crippen LogP contribution in [-0.2, 0) is 11.3 Å². The van der Waals surface area contributed by atoms with Crippen molar-refractivity contribution in [2.24, 2.45) is 0 Å². The van der Waals surface area contributed by atoms with E-state index in [0.29, 0.717) is 34.0 Å². The van der Waals surface area contributed by atoms with Crippen molar-refractivity contribution < 1.29 is 9.53 Å². The van der Waals surface area contributed by atoms with E-state index in [0.717, 1.165) is 5.56 Å². The van der Waals surface area contributed by atoms with Gasteiger partial charge in [0.25, 0.3) is 5.56 Å². The van der Waals surface area contributed by atoms with Crippen molar-refractivity contribution in [3.8, 4) is 11.4 Å². The molecule has 0 bridgehead atoms. The maximum Gasteiger partial charge on any atom is 0.266 e. The first kappa shape index (κ1) is 22.6. The maximum atomic E-state index is 13.4. The average Bonchev–Trinajstić information content (AvgIpc) is 2.84. The molecule has 0 saturated carbocycles. The highest BCUT2D eigenvalue weighted by atomic mass is 32.2. The number of hydrogen-bond donors (Lipinski definition) is 0. The van der Waals surface area contributed by atoms with Gasteiger partial charge in [-0.25, -0.2) is 4.98 Å². The van der Waals surface area contributed by atoms with Crippen LogP contribution in [0.4, 0.5) is 0 Å². The Labute approximate surface area is 196 Å². The van der Waals surface area contributed by atoms with E-state index in [1.54, 1.807) is 37.3 Å². The van der Waals surface area contributed by atoms with Gasteiger partial charge < -0.3 is 9.64 Å². The molecular weight excluding hydrogens is 434 g/mol. The van der Waals surface area contributed by atoms with Gasteiger partial charge in [0, 0.05) is 13.6 Å². The fraction of sp³-hybridized carbons (Fsp3) is 0.192. The summed E-state index contributed by atoms with van der Waals surface area (Å²) in [6.07, 6.45) is 0.